The molecular formula is C14H13N3O2S. The number of amides is 1. The van der Waals surface area contributed by atoms with Crippen molar-refractivity contribution in [3.8, 4) is 5.75 Å². The van der Waals surface area contributed by atoms with Crippen molar-refractivity contribution in [3.05, 3.63) is 53.3 Å². The number of nitrogens with zero attached hydrogens (tertiary/aromatic N) is 2. The number of nitrogens with one attached hydrogen (secondary N) is 1. The second kappa shape index (κ2) is 5.34. The SMILES string of the molecule is COc1ccccc1CNC(=O)c1cn2ccsc2n1. The van der Waals surface area contributed by atoms with Gasteiger partial charge < -0.3 is 10.1 Å². The van der Waals surface area contributed by atoms with Gasteiger partial charge in [-0.15, -0.1) is 11.3 Å². The van der Waals surface area contributed by atoms with Crippen molar-refractivity contribution in [1.29, 1.82) is 0 Å². The number of thiazole rings is 1. The average molecular weight is 287 g/mol. The van der Waals surface area contributed by atoms with Gasteiger partial charge in [-0.25, -0.2) is 4.98 Å². The van der Waals surface area contributed by atoms with E-state index in [-0.39, 0.29) is 5.91 Å². The lowest BCUT2D eigenvalue weighted by molar-refractivity contribution is 0.0946. The van der Waals surface area contributed by atoms with Gasteiger partial charge in [0, 0.05) is 29.9 Å². The summed E-state index contributed by atoms with van der Waals surface area (Å²) in [5.74, 6) is 0.574. The normalized spacial score (nSPS) is 10.7. The lowest BCUT2D eigenvalue weighted by Crippen LogP contribution is -2.23. The molecule has 0 atom stereocenters. The Morgan fingerprint density at radius 1 is 1.45 bits per heavy atom. The smallest absolute Gasteiger partial charge is 0.271 e. The molecule has 0 spiro atoms. The van der Waals surface area contributed by atoms with Gasteiger partial charge in [-0.2, -0.15) is 0 Å². The first-order chi connectivity index (χ1) is 9.78. The number of para-hydroxylation sites is 1. The molecule has 6 heteroatoms. The fourth-order valence-corrected chi connectivity index (χ4v) is 2.65. The van der Waals surface area contributed by atoms with Crippen LogP contribution >= 0.6 is 11.3 Å². The number of aromatic nitrogens is 2. The molecule has 1 N–H and O–H groups in total. The average Bonchev–Trinajstić information content (AvgIpc) is 3.06. The number of fused-ring (bicyclic) bond motifs is 1. The molecule has 5 nitrogen and oxygen atoms in total. The van der Waals surface area contributed by atoms with Gasteiger partial charge in [0.05, 0.1) is 7.11 Å². The minimum Gasteiger partial charge on any atom is -0.496 e. The molecule has 0 saturated heterocycles. The lowest BCUT2D eigenvalue weighted by atomic mass is 10.2. The highest BCUT2D eigenvalue weighted by atomic mass is 32.1. The van der Waals surface area contributed by atoms with Gasteiger partial charge in [-0.05, 0) is 6.07 Å². The van der Waals surface area contributed by atoms with Crippen LogP contribution < -0.4 is 10.1 Å². The number of imidazole rings is 1. The highest BCUT2D eigenvalue weighted by molar-refractivity contribution is 7.15. The Morgan fingerprint density at radius 2 is 2.30 bits per heavy atom. The Bertz CT molecular complexity index is 719. The van der Waals surface area contributed by atoms with E-state index >= 15 is 0 Å². The first kappa shape index (κ1) is 12.7. The maximum absolute atomic E-state index is 12.1. The fourth-order valence-electron chi connectivity index (χ4n) is 1.95. The number of hydrogen-bond donors (Lipinski definition) is 1. The number of benzene rings is 1. The Morgan fingerprint density at radius 3 is 3.10 bits per heavy atom. The van der Waals surface area contributed by atoms with Crippen LogP contribution in [-0.4, -0.2) is 22.4 Å². The third kappa shape index (κ3) is 2.37. The van der Waals surface area contributed by atoms with E-state index in [2.05, 4.69) is 10.3 Å². The van der Waals surface area contributed by atoms with Crippen LogP contribution in [0, 0.1) is 0 Å². The van der Waals surface area contributed by atoms with Gasteiger partial charge in [0.1, 0.15) is 11.4 Å². The summed E-state index contributed by atoms with van der Waals surface area (Å²) >= 11 is 1.50. The van der Waals surface area contributed by atoms with Gasteiger partial charge in [0.2, 0.25) is 0 Å². The predicted molar refractivity (Wildman–Crippen MR) is 77.2 cm³/mol. The van der Waals surface area contributed by atoms with Crippen molar-refractivity contribution in [1.82, 2.24) is 14.7 Å². The molecule has 102 valence electrons. The van der Waals surface area contributed by atoms with E-state index in [1.54, 1.807) is 13.3 Å². The Hall–Kier alpha value is -2.34. The molecule has 0 fully saturated rings. The standard InChI is InChI=1S/C14H13N3O2S/c1-19-12-5-3-2-4-10(12)8-15-13(18)11-9-17-6-7-20-14(17)16-11/h2-7,9H,8H2,1H3,(H,15,18). The molecule has 0 saturated carbocycles. The maximum atomic E-state index is 12.1. The zero-order chi connectivity index (χ0) is 13.9. The fraction of sp³-hybridized carbons (Fsp3) is 0.143. The van der Waals surface area contributed by atoms with Crippen molar-refractivity contribution in [3.63, 3.8) is 0 Å². The Balaban J connectivity index is 1.71. The summed E-state index contributed by atoms with van der Waals surface area (Å²) in [6, 6.07) is 7.60. The van der Waals surface area contributed by atoms with E-state index in [1.165, 1.54) is 11.3 Å². The van der Waals surface area contributed by atoms with Gasteiger partial charge in [0.25, 0.3) is 5.91 Å². The third-order valence-electron chi connectivity index (χ3n) is 2.96. The molecule has 20 heavy (non-hydrogen) atoms. The maximum Gasteiger partial charge on any atom is 0.271 e. The summed E-state index contributed by atoms with van der Waals surface area (Å²) in [6.45, 7) is 0.411. The highest BCUT2D eigenvalue weighted by Crippen LogP contribution is 2.17. The van der Waals surface area contributed by atoms with Crippen LogP contribution in [0.1, 0.15) is 16.1 Å². The van der Waals surface area contributed by atoms with E-state index in [0.717, 1.165) is 16.3 Å². The summed E-state index contributed by atoms with van der Waals surface area (Å²) in [5.41, 5.74) is 1.36. The zero-order valence-corrected chi connectivity index (χ0v) is 11.7. The van der Waals surface area contributed by atoms with Crippen LogP contribution in [0.3, 0.4) is 0 Å². The van der Waals surface area contributed by atoms with E-state index < -0.39 is 0 Å². The van der Waals surface area contributed by atoms with Crippen molar-refractivity contribution in [2.45, 2.75) is 6.54 Å². The summed E-state index contributed by atoms with van der Waals surface area (Å²) in [4.78, 5) is 17.1. The number of carbonyl (C=O) groups excluding carboxylic acids is 1. The molecule has 3 rings (SSSR count). The number of rotatable bonds is 4. The van der Waals surface area contributed by atoms with Gasteiger partial charge in [0.15, 0.2) is 4.96 Å². The van der Waals surface area contributed by atoms with Crippen molar-refractivity contribution < 1.29 is 9.53 Å². The molecule has 0 aliphatic carbocycles. The Kier molecular flexibility index (Phi) is 3.39. The van der Waals surface area contributed by atoms with Gasteiger partial charge >= 0.3 is 0 Å². The van der Waals surface area contributed by atoms with Crippen LogP contribution in [0.25, 0.3) is 4.96 Å². The molecule has 2 heterocycles. The molecule has 1 aromatic carbocycles. The van der Waals surface area contributed by atoms with Crippen LogP contribution in [0.15, 0.2) is 42.0 Å². The summed E-state index contributed by atoms with van der Waals surface area (Å²) in [5, 5.41) is 4.78. The topological polar surface area (TPSA) is 55.6 Å². The van der Waals surface area contributed by atoms with Crippen LogP contribution in [0.5, 0.6) is 5.75 Å². The second-order valence-corrected chi connectivity index (χ2v) is 5.09. The molecule has 0 unspecified atom stereocenters. The van der Waals surface area contributed by atoms with Crippen LogP contribution in [0.2, 0.25) is 0 Å². The summed E-state index contributed by atoms with van der Waals surface area (Å²) < 4.78 is 7.09. The number of hydrogen-bond acceptors (Lipinski definition) is 4. The minimum absolute atomic E-state index is 0.188. The second-order valence-electron chi connectivity index (χ2n) is 4.21. The lowest BCUT2D eigenvalue weighted by Gasteiger charge is -2.08. The van der Waals surface area contributed by atoms with Crippen LogP contribution in [-0.2, 0) is 6.54 Å². The number of carbonyl (C=O) groups is 1. The van der Waals surface area contributed by atoms with E-state index in [0.29, 0.717) is 12.2 Å². The molecule has 0 aliphatic rings. The zero-order valence-electron chi connectivity index (χ0n) is 10.9. The molecule has 0 aliphatic heterocycles. The molecule has 0 radical (unpaired) electrons. The largest absolute Gasteiger partial charge is 0.496 e. The van der Waals surface area contributed by atoms with Crippen molar-refractivity contribution in [2.24, 2.45) is 0 Å². The highest BCUT2D eigenvalue weighted by Gasteiger charge is 2.11. The third-order valence-corrected chi connectivity index (χ3v) is 3.73. The first-order valence-corrected chi connectivity index (χ1v) is 6.98. The number of methoxy groups -OCH3 is 1. The quantitative estimate of drug-likeness (QED) is 0.801. The monoisotopic (exact) mass is 287 g/mol. The molecule has 2 aromatic heterocycles. The molecular weight excluding hydrogens is 274 g/mol. The minimum atomic E-state index is -0.188. The van der Waals surface area contributed by atoms with Gasteiger partial charge in [-0.3, -0.25) is 9.20 Å². The molecule has 3 aromatic rings. The van der Waals surface area contributed by atoms with Crippen molar-refractivity contribution >= 4 is 22.2 Å². The molecule has 0 bridgehead atoms. The number of ether oxygens (including phenoxy) is 1. The predicted octanol–water partition coefficient (Wildman–Crippen LogP) is 2.33. The summed E-state index contributed by atoms with van der Waals surface area (Å²) in [6.07, 6.45) is 3.60. The van der Waals surface area contributed by atoms with E-state index in [4.69, 9.17) is 4.74 Å². The summed E-state index contributed by atoms with van der Waals surface area (Å²) in [7, 11) is 1.62. The van der Waals surface area contributed by atoms with E-state index in [1.807, 2.05) is 40.2 Å². The molecule has 1 amide bonds. The Labute approximate surface area is 119 Å². The van der Waals surface area contributed by atoms with Gasteiger partial charge in [-0.1, -0.05) is 18.2 Å². The van der Waals surface area contributed by atoms with Crippen molar-refractivity contribution in [2.75, 3.05) is 7.11 Å². The first-order valence-electron chi connectivity index (χ1n) is 6.10. The van der Waals surface area contributed by atoms with Crippen LogP contribution in [0.4, 0.5) is 0 Å². The van der Waals surface area contributed by atoms with E-state index in [9.17, 15) is 4.79 Å².